The Morgan fingerprint density at radius 3 is 2.42 bits per heavy atom. The molecule has 0 spiro atoms. The quantitative estimate of drug-likeness (QED) is 0.603. The van der Waals surface area contributed by atoms with Crippen LogP contribution in [0.1, 0.15) is 6.42 Å². The second-order valence-corrected chi connectivity index (χ2v) is 2.13. The fourth-order valence-electron chi connectivity index (χ4n) is 0.669. The molecule has 0 aliphatic rings. The SMILES string of the molecule is COCC(CC(F)(F)F)OC=O. The van der Waals surface area contributed by atoms with Crippen molar-refractivity contribution in [2.24, 2.45) is 0 Å². The molecule has 6 heteroatoms. The van der Waals surface area contributed by atoms with Crippen molar-refractivity contribution in [3.05, 3.63) is 0 Å². The van der Waals surface area contributed by atoms with Gasteiger partial charge in [0.1, 0.15) is 6.10 Å². The van der Waals surface area contributed by atoms with Gasteiger partial charge in [-0.3, -0.25) is 4.79 Å². The molecule has 72 valence electrons. The van der Waals surface area contributed by atoms with E-state index in [9.17, 15) is 18.0 Å². The highest BCUT2D eigenvalue weighted by Gasteiger charge is 2.32. The van der Waals surface area contributed by atoms with Gasteiger partial charge in [-0.1, -0.05) is 0 Å². The molecule has 1 unspecified atom stereocenters. The first-order valence-electron chi connectivity index (χ1n) is 3.14. The molecule has 0 aromatic heterocycles. The Hall–Kier alpha value is -0.780. The summed E-state index contributed by atoms with van der Waals surface area (Å²) in [6.07, 6.45) is -6.77. The molecule has 0 fully saturated rings. The van der Waals surface area contributed by atoms with E-state index in [-0.39, 0.29) is 13.1 Å². The summed E-state index contributed by atoms with van der Waals surface area (Å²) in [6.45, 7) is -0.270. The van der Waals surface area contributed by atoms with E-state index in [2.05, 4.69) is 9.47 Å². The number of hydrogen-bond acceptors (Lipinski definition) is 3. The zero-order valence-corrected chi connectivity index (χ0v) is 6.43. The highest BCUT2D eigenvalue weighted by molar-refractivity contribution is 5.37. The largest absolute Gasteiger partial charge is 0.462 e. The lowest BCUT2D eigenvalue weighted by Crippen LogP contribution is -2.26. The molecule has 3 nitrogen and oxygen atoms in total. The van der Waals surface area contributed by atoms with Gasteiger partial charge in [-0.05, 0) is 0 Å². The number of carbonyl (C=O) groups is 1. The summed E-state index contributed by atoms with van der Waals surface area (Å²) in [7, 11) is 1.23. The molecular weight excluding hydrogens is 177 g/mol. The van der Waals surface area contributed by atoms with Crippen molar-refractivity contribution in [3.8, 4) is 0 Å². The lowest BCUT2D eigenvalue weighted by atomic mass is 10.2. The van der Waals surface area contributed by atoms with Crippen molar-refractivity contribution in [2.45, 2.75) is 18.7 Å². The van der Waals surface area contributed by atoms with E-state index in [0.29, 0.717) is 0 Å². The minimum absolute atomic E-state index is 0.0184. The van der Waals surface area contributed by atoms with E-state index >= 15 is 0 Å². The van der Waals surface area contributed by atoms with Crippen LogP contribution in [0.5, 0.6) is 0 Å². The van der Waals surface area contributed by atoms with E-state index in [4.69, 9.17) is 0 Å². The predicted octanol–water partition coefficient (Wildman–Crippen LogP) is 1.13. The molecular formula is C6H9F3O3. The van der Waals surface area contributed by atoms with Crippen molar-refractivity contribution < 1.29 is 27.4 Å². The van der Waals surface area contributed by atoms with Crippen LogP contribution in [0.15, 0.2) is 0 Å². The average Bonchev–Trinajstić information content (AvgIpc) is 1.84. The van der Waals surface area contributed by atoms with Gasteiger partial charge in [0.2, 0.25) is 0 Å². The maximum absolute atomic E-state index is 11.7. The van der Waals surface area contributed by atoms with Crippen LogP contribution in [-0.4, -0.2) is 32.5 Å². The van der Waals surface area contributed by atoms with Crippen molar-refractivity contribution in [1.82, 2.24) is 0 Å². The maximum atomic E-state index is 11.7. The molecule has 0 aliphatic carbocycles. The standard InChI is InChI=1S/C6H9F3O3/c1-11-3-5(12-4-10)2-6(7,8)9/h4-5H,2-3H2,1H3. The Labute approximate surface area is 67.4 Å². The molecule has 0 N–H and O–H groups in total. The Morgan fingerprint density at radius 1 is 1.50 bits per heavy atom. The van der Waals surface area contributed by atoms with Crippen LogP contribution in [0, 0.1) is 0 Å². The zero-order valence-electron chi connectivity index (χ0n) is 6.43. The van der Waals surface area contributed by atoms with Crippen molar-refractivity contribution in [2.75, 3.05) is 13.7 Å². The van der Waals surface area contributed by atoms with Crippen LogP contribution in [-0.2, 0) is 14.3 Å². The highest BCUT2D eigenvalue weighted by Crippen LogP contribution is 2.22. The topological polar surface area (TPSA) is 35.5 Å². The van der Waals surface area contributed by atoms with Gasteiger partial charge >= 0.3 is 6.18 Å². The minimum Gasteiger partial charge on any atom is -0.462 e. The molecule has 0 saturated heterocycles. The van der Waals surface area contributed by atoms with E-state index in [1.165, 1.54) is 7.11 Å². The van der Waals surface area contributed by atoms with Gasteiger partial charge in [-0.15, -0.1) is 0 Å². The Bertz CT molecular complexity index is 134. The van der Waals surface area contributed by atoms with Gasteiger partial charge in [0.25, 0.3) is 6.47 Å². The van der Waals surface area contributed by atoms with Crippen LogP contribution in [0.3, 0.4) is 0 Å². The molecule has 1 atom stereocenters. The van der Waals surface area contributed by atoms with E-state index in [1.54, 1.807) is 0 Å². The maximum Gasteiger partial charge on any atom is 0.392 e. The lowest BCUT2D eigenvalue weighted by Gasteiger charge is -2.15. The third-order valence-electron chi connectivity index (χ3n) is 1.06. The third kappa shape index (κ3) is 5.96. The second-order valence-electron chi connectivity index (χ2n) is 2.13. The van der Waals surface area contributed by atoms with Crippen LogP contribution in [0.25, 0.3) is 0 Å². The second kappa shape index (κ2) is 4.97. The fourth-order valence-corrected chi connectivity index (χ4v) is 0.669. The van der Waals surface area contributed by atoms with Gasteiger partial charge in [0, 0.05) is 7.11 Å². The van der Waals surface area contributed by atoms with Gasteiger partial charge in [0.15, 0.2) is 0 Å². The summed E-state index contributed by atoms with van der Waals surface area (Å²) in [5, 5.41) is 0. The fraction of sp³-hybridized carbons (Fsp3) is 0.833. The number of halogens is 3. The van der Waals surface area contributed by atoms with Crippen molar-refractivity contribution >= 4 is 6.47 Å². The lowest BCUT2D eigenvalue weighted by molar-refractivity contribution is -0.170. The van der Waals surface area contributed by atoms with Gasteiger partial charge in [-0.25, -0.2) is 0 Å². The monoisotopic (exact) mass is 186 g/mol. The average molecular weight is 186 g/mol. The summed E-state index contributed by atoms with van der Waals surface area (Å²) in [5.41, 5.74) is 0. The predicted molar refractivity (Wildman–Crippen MR) is 33.5 cm³/mol. The zero-order chi connectivity index (χ0) is 9.61. The third-order valence-corrected chi connectivity index (χ3v) is 1.06. The number of rotatable bonds is 5. The molecule has 0 radical (unpaired) electrons. The van der Waals surface area contributed by atoms with E-state index in [1.807, 2.05) is 0 Å². The number of methoxy groups -OCH3 is 1. The molecule has 0 saturated carbocycles. The first-order chi connectivity index (χ1) is 5.49. The van der Waals surface area contributed by atoms with Crippen LogP contribution in [0.2, 0.25) is 0 Å². The van der Waals surface area contributed by atoms with Crippen molar-refractivity contribution in [1.29, 1.82) is 0 Å². The molecule has 0 heterocycles. The number of carbonyl (C=O) groups excluding carboxylic acids is 1. The van der Waals surface area contributed by atoms with E-state index < -0.39 is 18.7 Å². The minimum atomic E-state index is -4.34. The van der Waals surface area contributed by atoms with Gasteiger partial charge < -0.3 is 9.47 Å². The number of ether oxygens (including phenoxy) is 2. The molecule has 0 bridgehead atoms. The van der Waals surface area contributed by atoms with Gasteiger partial charge in [0.05, 0.1) is 13.0 Å². The Balaban J connectivity index is 3.85. The number of alkyl halides is 3. The Morgan fingerprint density at radius 2 is 2.08 bits per heavy atom. The molecule has 0 aliphatic heterocycles. The first-order valence-corrected chi connectivity index (χ1v) is 3.14. The summed E-state index contributed by atoms with van der Waals surface area (Å²) in [5.74, 6) is 0. The first kappa shape index (κ1) is 11.2. The molecule has 0 rings (SSSR count). The smallest absolute Gasteiger partial charge is 0.392 e. The van der Waals surface area contributed by atoms with Gasteiger partial charge in [-0.2, -0.15) is 13.2 Å². The Kier molecular flexibility index (Phi) is 4.65. The van der Waals surface area contributed by atoms with Crippen LogP contribution in [0.4, 0.5) is 13.2 Å². The molecule has 0 aromatic rings. The van der Waals surface area contributed by atoms with E-state index in [0.717, 1.165) is 0 Å². The number of hydrogen-bond donors (Lipinski definition) is 0. The summed E-state index contributed by atoms with van der Waals surface area (Å²) in [4.78, 5) is 9.73. The molecule has 12 heavy (non-hydrogen) atoms. The van der Waals surface area contributed by atoms with Crippen molar-refractivity contribution in [3.63, 3.8) is 0 Å². The molecule has 0 aromatic carbocycles. The normalized spacial score (nSPS) is 14.0. The van der Waals surface area contributed by atoms with Crippen LogP contribution < -0.4 is 0 Å². The highest BCUT2D eigenvalue weighted by atomic mass is 19.4. The molecule has 0 amide bonds. The summed E-state index contributed by atoms with van der Waals surface area (Å²) >= 11 is 0. The summed E-state index contributed by atoms with van der Waals surface area (Å²) in [6, 6.07) is 0. The van der Waals surface area contributed by atoms with Crippen LogP contribution >= 0.6 is 0 Å². The summed E-state index contributed by atoms with van der Waals surface area (Å²) < 4.78 is 43.7.